The average molecular weight is 269 g/mol. The van der Waals surface area contributed by atoms with Crippen LogP contribution >= 0.6 is 12.6 Å². The van der Waals surface area contributed by atoms with Gasteiger partial charge in [-0.05, 0) is 37.0 Å². The number of nitrogens with zero attached hydrogens (tertiary/aromatic N) is 1. The molecule has 1 unspecified atom stereocenters. The smallest absolute Gasteiger partial charge is 0.256 e. The highest BCUT2D eigenvalue weighted by atomic mass is 32.1. The number of carbonyl (C=O) groups excluding carboxylic acids is 1. The summed E-state index contributed by atoms with van der Waals surface area (Å²) in [5.41, 5.74) is 0.0566. The number of amides is 1. The molecule has 0 aromatic heterocycles. The first-order valence-electron chi connectivity index (χ1n) is 6.00. The van der Waals surface area contributed by atoms with Crippen molar-refractivity contribution in [2.75, 3.05) is 19.7 Å². The molecule has 0 saturated carbocycles. The molecular weight excluding hydrogens is 253 g/mol. The minimum Gasteiger partial charge on any atom is -0.396 e. The van der Waals surface area contributed by atoms with Crippen molar-refractivity contribution in [2.24, 2.45) is 5.92 Å². The van der Waals surface area contributed by atoms with Crippen LogP contribution in [0.1, 0.15) is 23.2 Å². The third kappa shape index (κ3) is 2.84. The van der Waals surface area contributed by atoms with E-state index in [2.05, 4.69) is 12.6 Å². The summed E-state index contributed by atoms with van der Waals surface area (Å²) in [7, 11) is 0. The van der Waals surface area contributed by atoms with Crippen molar-refractivity contribution in [3.8, 4) is 0 Å². The monoisotopic (exact) mass is 269 g/mol. The summed E-state index contributed by atoms with van der Waals surface area (Å²) in [5, 5.41) is 9.14. The molecule has 0 aliphatic carbocycles. The zero-order valence-electron chi connectivity index (χ0n) is 9.97. The summed E-state index contributed by atoms with van der Waals surface area (Å²) in [5.74, 6) is -0.740. The van der Waals surface area contributed by atoms with Crippen LogP contribution in [0.25, 0.3) is 0 Å². The van der Waals surface area contributed by atoms with E-state index in [1.54, 1.807) is 4.90 Å². The van der Waals surface area contributed by atoms with E-state index in [1.165, 1.54) is 18.2 Å². The lowest BCUT2D eigenvalue weighted by Crippen LogP contribution is -2.41. The number of hydrogen-bond donors (Lipinski definition) is 2. The molecule has 1 atom stereocenters. The number of benzene rings is 1. The Morgan fingerprint density at radius 3 is 3.06 bits per heavy atom. The van der Waals surface area contributed by atoms with Gasteiger partial charge in [-0.25, -0.2) is 4.39 Å². The van der Waals surface area contributed by atoms with Gasteiger partial charge in [0.05, 0.1) is 5.56 Å². The van der Waals surface area contributed by atoms with Crippen LogP contribution in [0.2, 0.25) is 0 Å². The molecule has 0 radical (unpaired) electrons. The number of likely N-dealkylation sites (tertiary alicyclic amines) is 1. The van der Waals surface area contributed by atoms with Crippen molar-refractivity contribution in [2.45, 2.75) is 17.7 Å². The molecule has 2 rings (SSSR count). The highest BCUT2D eigenvalue weighted by Crippen LogP contribution is 2.20. The Balaban J connectivity index is 2.17. The van der Waals surface area contributed by atoms with Gasteiger partial charge in [0.25, 0.3) is 5.91 Å². The first kappa shape index (κ1) is 13.4. The molecular formula is C13H16FNO2S. The van der Waals surface area contributed by atoms with E-state index < -0.39 is 5.82 Å². The normalized spacial score (nSPS) is 19.9. The Bertz CT molecular complexity index is 453. The molecule has 1 aliphatic rings. The zero-order valence-corrected chi connectivity index (χ0v) is 10.9. The zero-order chi connectivity index (χ0) is 13.1. The summed E-state index contributed by atoms with van der Waals surface area (Å²) >= 11 is 4.12. The second-order valence-electron chi connectivity index (χ2n) is 4.61. The van der Waals surface area contributed by atoms with Gasteiger partial charge >= 0.3 is 0 Å². The second-order valence-corrected chi connectivity index (χ2v) is 5.12. The van der Waals surface area contributed by atoms with E-state index in [0.29, 0.717) is 18.0 Å². The molecule has 1 fully saturated rings. The highest BCUT2D eigenvalue weighted by molar-refractivity contribution is 7.80. The topological polar surface area (TPSA) is 40.5 Å². The Morgan fingerprint density at radius 2 is 2.33 bits per heavy atom. The molecule has 0 spiro atoms. The lowest BCUT2D eigenvalue weighted by Gasteiger charge is -2.32. The van der Waals surface area contributed by atoms with E-state index in [9.17, 15) is 9.18 Å². The van der Waals surface area contributed by atoms with Gasteiger partial charge in [0.2, 0.25) is 0 Å². The number of carbonyl (C=O) groups is 1. The van der Waals surface area contributed by atoms with Crippen LogP contribution < -0.4 is 0 Å². The van der Waals surface area contributed by atoms with Crippen LogP contribution in [0.15, 0.2) is 23.1 Å². The second kappa shape index (κ2) is 5.71. The summed E-state index contributed by atoms with van der Waals surface area (Å²) in [4.78, 5) is 14.4. The van der Waals surface area contributed by atoms with E-state index in [4.69, 9.17) is 5.11 Å². The predicted molar refractivity (Wildman–Crippen MR) is 69.4 cm³/mol. The van der Waals surface area contributed by atoms with Crippen LogP contribution in [0.4, 0.5) is 4.39 Å². The summed E-state index contributed by atoms with van der Waals surface area (Å²) in [6.07, 6.45) is 1.76. The quantitative estimate of drug-likeness (QED) is 0.806. The average Bonchev–Trinajstić information content (AvgIpc) is 2.41. The molecule has 1 aromatic rings. The van der Waals surface area contributed by atoms with Crippen LogP contribution in [-0.4, -0.2) is 35.6 Å². The van der Waals surface area contributed by atoms with Gasteiger partial charge in [-0.15, -0.1) is 12.6 Å². The molecule has 1 amide bonds. The molecule has 98 valence electrons. The summed E-state index contributed by atoms with van der Waals surface area (Å²) < 4.78 is 13.6. The fourth-order valence-electron chi connectivity index (χ4n) is 2.25. The lowest BCUT2D eigenvalue weighted by molar-refractivity contribution is 0.0616. The highest BCUT2D eigenvalue weighted by Gasteiger charge is 2.25. The van der Waals surface area contributed by atoms with Crippen LogP contribution in [-0.2, 0) is 0 Å². The first-order chi connectivity index (χ1) is 8.61. The molecule has 1 heterocycles. The largest absolute Gasteiger partial charge is 0.396 e. The van der Waals surface area contributed by atoms with E-state index >= 15 is 0 Å². The standard InChI is InChI=1S/C13H16FNO2S/c14-12-4-3-10(18)6-11(12)13(17)15-5-1-2-9(7-15)8-16/h3-4,6,9,16,18H,1-2,5,7-8H2. The van der Waals surface area contributed by atoms with E-state index in [-0.39, 0.29) is 24.0 Å². The Kier molecular flexibility index (Phi) is 4.24. The Hall–Kier alpha value is -1.07. The van der Waals surface area contributed by atoms with Crippen LogP contribution in [0, 0.1) is 11.7 Å². The SMILES string of the molecule is O=C(c1cc(S)ccc1F)N1CCCC(CO)C1. The number of hydrogen-bond acceptors (Lipinski definition) is 3. The van der Waals surface area contributed by atoms with Crippen molar-refractivity contribution in [1.82, 2.24) is 4.90 Å². The van der Waals surface area contributed by atoms with E-state index in [1.807, 2.05) is 0 Å². The van der Waals surface area contributed by atoms with Crippen molar-refractivity contribution < 1.29 is 14.3 Å². The Morgan fingerprint density at radius 1 is 1.56 bits per heavy atom. The predicted octanol–water partition coefficient (Wildman–Crippen LogP) is 1.96. The fraction of sp³-hybridized carbons (Fsp3) is 0.462. The molecule has 5 heteroatoms. The van der Waals surface area contributed by atoms with Crippen molar-refractivity contribution in [3.63, 3.8) is 0 Å². The van der Waals surface area contributed by atoms with Gasteiger partial charge in [-0.2, -0.15) is 0 Å². The molecule has 3 nitrogen and oxygen atoms in total. The van der Waals surface area contributed by atoms with Crippen molar-refractivity contribution >= 4 is 18.5 Å². The number of halogens is 1. The maximum Gasteiger partial charge on any atom is 0.256 e. The third-order valence-electron chi connectivity index (χ3n) is 3.24. The summed E-state index contributed by atoms with van der Waals surface area (Å²) in [6, 6.07) is 4.22. The molecule has 1 aromatic carbocycles. The molecule has 0 bridgehead atoms. The van der Waals surface area contributed by atoms with Crippen LogP contribution in [0.5, 0.6) is 0 Å². The van der Waals surface area contributed by atoms with Gasteiger partial charge in [0.1, 0.15) is 5.82 Å². The lowest BCUT2D eigenvalue weighted by atomic mass is 9.98. The minimum atomic E-state index is -0.524. The number of piperidine rings is 1. The fourth-order valence-corrected chi connectivity index (χ4v) is 2.45. The third-order valence-corrected chi connectivity index (χ3v) is 3.52. The van der Waals surface area contributed by atoms with Gasteiger partial charge in [0, 0.05) is 24.6 Å². The van der Waals surface area contributed by atoms with Gasteiger partial charge in [0.15, 0.2) is 0 Å². The van der Waals surface area contributed by atoms with Crippen LogP contribution in [0.3, 0.4) is 0 Å². The van der Waals surface area contributed by atoms with Gasteiger partial charge in [-0.1, -0.05) is 0 Å². The van der Waals surface area contributed by atoms with Crippen molar-refractivity contribution in [1.29, 1.82) is 0 Å². The van der Waals surface area contributed by atoms with E-state index in [0.717, 1.165) is 12.8 Å². The molecule has 1 saturated heterocycles. The van der Waals surface area contributed by atoms with Gasteiger partial charge < -0.3 is 10.0 Å². The number of aliphatic hydroxyl groups excluding tert-OH is 1. The van der Waals surface area contributed by atoms with Gasteiger partial charge in [-0.3, -0.25) is 4.79 Å². The number of aliphatic hydroxyl groups is 1. The number of rotatable bonds is 2. The first-order valence-corrected chi connectivity index (χ1v) is 6.45. The molecule has 1 N–H and O–H groups in total. The summed E-state index contributed by atoms with van der Waals surface area (Å²) in [6.45, 7) is 1.18. The Labute approximate surface area is 111 Å². The molecule has 18 heavy (non-hydrogen) atoms. The maximum absolute atomic E-state index is 13.6. The van der Waals surface area contributed by atoms with Crippen molar-refractivity contribution in [3.05, 3.63) is 29.6 Å². The molecule has 1 aliphatic heterocycles. The maximum atomic E-state index is 13.6. The number of thiol groups is 1. The minimum absolute atomic E-state index is 0.0566.